The van der Waals surface area contributed by atoms with Gasteiger partial charge in [-0.3, -0.25) is 0 Å². The molecule has 1 aromatic heterocycles. The Bertz CT molecular complexity index is 2170. The van der Waals surface area contributed by atoms with Crippen LogP contribution in [-0.2, 0) is 4.57 Å². The van der Waals surface area contributed by atoms with Crippen molar-refractivity contribution < 1.29 is 4.57 Å². The molecule has 7 rings (SSSR count). The molecule has 0 amide bonds. The summed E-state index contributed by atoms with van der Waals surface area (Å²) in [6.45, 7) is 8.03. The van der Waals surface area contributed by atoms with Gasteiger partial charge in [0.05, 0.1) is 0 Å². The van der Waals surface area contributed by atoms with Gasteiger partial charge in [-0.05, 0) is 36.7 Å². The first kappa shape index (κ1) is 32.3. The molecule has 1 aliphatic rings. The van der Waals surface area contributed by atoms with Gasteiger partial charge < -0.3 is 4.57 Å². The molecule has 0 fully saturated rings. The van der Waals surface area contributed by atoms with Crippen LogP contribution in [0.3, 0.4) is 0 Å². The highest BCUT2D eigenvalue weighted by molar-refractivity contribution is 7.85. The van der Waals surface area contributed by atoms with Crippen LogP contribution in [0.15, 0.2) is 182 Å². The van der Waals surface area contributed by atoms with Gasteiger partial charge in [-0.1, -0.05) is 177 Å². The number of hydrogen-bond donors (Lipinski definition) is 0. The van der Waals surface area contributed by atoms with Crippen molar-refractivity contribution >= 4 is 47.2 Å². The molecule has 1 aliphatic carbocycles. The number of rotatable bonds is 10. The molecule has 0 spiro atoms. The fourth-order valence-corrected chi connectivity index (χ4v) is 11.0. The Morgan fingerprint density at radius 3 is 1.61 bits per heavy atom. The molecule has 6 heteroatoms. The van der Waals surface area contributed by atoms with Gasteiger partial charge in [-0.2, -0.15) is 0 Å². The van der Waals surface area contributed by atoms with Crippen LogP contribution in [-0.4, -0.2) is 15.0 Å². The Hall–Kier alpha value is -5.27. The van der Waals surface area contributed by atoms with Gasteiger partial charge in [0.15, 0.2) is 24.6 Å². The zero-order chi connectivity index (χ0) is 33.6. The lowest BCUT2D eigenvalue weighted by Gasteiger charge is -2.22. The topological polar surface area (TPSA) is 55.7 Å². The van der Waals surface area contributed by atoms with Gasteiger partial charge in [0, 0.05) is 32.6 Å². The summed E-state index contributed by atoms with van der Waals surface area (Å²) in [6.07, 6.45) is 10.7. The van der Waals surface area contributed by atoms with Crippen molar-refractivity contribution in [2.24, 2.45) is 0 Å². The van der Waals surface area contributed by atoms with E-state index in [1.54, 1.807) is 6.08 Å². The minimum atomic E-state index is -3.11. The van der Waals surface area contributed by atoms with Crippen LogP contribution >= 0.6 is 15.1 Å². The molecule has 1 atom stereocenters. The molecule has 49 heavy (non-hydrogen) atoms. The van der Waals surface area contributed by atoms with E-state index in [4.69, 9.17) is 15.0 Å². The SMILES string of the molecule is C=CC(=C)c1nc(-c2ccc(P(C3=CCCC=C3)c3ccccc3)cc2)nc(-c2ccc(P(=O)(c3ccccc3)c3ccccc3)cc2)n1. The first-order valence-corrected chi connectivity index (χ1v) is 19.3. The maximum Gasteiger partial charge on any atom is 0.171 e. The summed E-state index contributed by atoms with van der Waals surface area (Å²) in [4.78, 5) is 14.5. The van der Waals surface area contributed by atoms with Crippen molar-refractivity contribution in [1.82, 2.24) is 15.0 Å². The summed E-state index contributed by atoms with van der Waals surface area (Å²) >= 11 is 0. The summed E-state index contributed by atoms with van der Waals surface area (Å²) in [5.74, 6) is 1.53. The monoisotopic (exact) mass is 671 g/mol. The van der Waals surface area contributed by atoms with Crippen LogP contribution in [0.4, 0.5) is 0 Å². The molecule has 238 valence electrons. The van der Waals surface area contributed by atoms with Gasteiger partial charge in [-0.15, -0.1) is 0 Å². The third kappa shape index (κ3) is 6.72. The number of nitrogens with zero attached hydrogens (tertiary/aromatic N) is 3. The Morgan fingerprint density at radius 1 is 0.612 bits per heavy atom. The van der Waals surface area contributed by atoms with E-state index >= 15 is 0 Å². The highest BCUT2D eigenvalue weighted by atomic mass is 31.2. The van der Waals surface area contributed by atoms with Gasteiger partial charge in [0.2, 0.25) is 0 Å². The molecule has 0 bridgehead atoms. The highest BCUT2D eigenvalue weighted by Gasteiger charge is 2.29. The van der Waals surface area contributed by atoms with Gasteiger partial charge >= 0.3 is 0 Å². The predicted octanol–water partition coefficient (Wildman–Crippen LogP) is 8.71. The maximum atomic E-state index is 14.9. The van der Waals surface area contributed by atoms with Crippen molar-refractivity contribution in [1.29, 1.82) is 0 Å². The third-order valence-electron chi connectivity index (χ3n) is 8.53. The Morgan fingerprint density at radius 2 is 1.10 bits per heavy atom. The Kier molecular flexibility index (Phi) is 9.53. The fraction of sp³-hybridized carbons (Fsp3) is 0.0465. The molecule has 6 aromatic rings. The lowest BCUT2D eigenvalue weighted by molar-refractivity contribution is 0.592. The second-order valence-corrected chi connectivity index (χ2v) is 16.7. The standard InChI is InChI=1S/C43H35N3OP2/c1-3-32(2)41-44-42(33-24-28-37(29-25-33)48(35-16-8-4-9-17-35)36-18-10-5-11-19-36)46-43(45-41)34-26-30-40(31-27-34)49(47,38-20-12-6-13-21-38)39-22-14-7-15-23-39/h3-4,6-10,12-31H,1-2,5,11H2. The van der Waals surface area contributed by atoms with Crippen LogP contribution in [0.5, 0.6) is 0 Å². The van der Waals surface area contributed by atoms with Crippen molar-refractivity contribution in [3.63, 3.8) is 0 Å². The number of allylic oxidation sites excluding steroid dienone is 6. The summed E-state index contributed by atoms with van der Waals surface area (Å²) < 4.78 is 14.9. The fourth-order valence-electron chi connectivity index (χ4n) is 5.96. The lowest BCUT2D eigenvalue weighted by atomic mass is 10.1. The predicted molar refractivity (Wildman–Crippen MR) is 208 cm³/mol. The zero-order valence-electron chi connectivity index (χ0n) is 27.1. The van der Waals surface area contributed by atoms with E-state index in [9.17, 15) is 4.57 Å². The van der Waals surface area contributed by atoms with Crippen molar-refractivity contribution in [2.75, 3.05) is 0 Å². The molecule has 0 N–H and O–H groups in total. The van der Waals surface area contributed by atoms with Crippen LogP contribution < -0.4 is 26.5 Å². The van der Waals surface area contributed by atoms with E-state index in [0.717, 1.165) is 39.9 Å². The summed E-state index contributed by atoms with van der Waals surface area (Å²) in [5.41, 5.74) is 2.29. The lowest BCUT2D eigenvalue weighted by Crippen LogP contribution is -2.24. The van der Waals surface area contributed by atoms with Crippen LogP contribution in [0.1, 0.15) is 18.7 Å². The summed E-state index contributed by atoms with van der Waals surface area (Å²) in [6, 6.07) is 46.4. The molecule has 0 saturated heterocycles. The van der Waals surface area contributed by atoms with Crippen molar-refractivity contribution in [2.45, 2.75) is 12.8 Å². The minimum absolute atomic E-state index is 0.464. The molecule has 0 radical (unpaired) electrons. The average molecular weight is 672 g/mol. The van der Waals surface area contributed by atoms with E-state index in [2.05, 4.69) is 86.0 Å². The minimum Gasteiger partial charge on any atom is -0.309 e. The second kappa shape index (κ2) is 14.5. The average Bonchev–Trinajstić information content (AvgIpc) is 3.19. The van der Waals surface area contributed by atoms with E-state index in [0.29, 0.717) is 23.0 Å². The molecule has 1 unspecified atom stereocenters. The van der Waals surface area contributed by atoms with E-state index in [1.807, 2.05) is 84.9 Å². The largest absolute Gasteiger partial charge is 0.309 e. The summed E-state index contributed by atoms with van der Waals surface area (Å²) in [5, 5.41) is 6.28. The maximum absolute atomic E-state index is 14.9. The zero-order valence-corrected chi connectivity index (χ0v) is 28.9. The molecular formula is C43H35N3OP2. The smallest absolute Gasteiger partial charge is 0.171 e. The van der Waals surface area contributed by atoms with Gasteiger partial charge in [0.1, 0.15) is 0 Å². The van der Waals surface area contributed by atoms with E-state index < -0.39 is 15.1 Å². The number of hydrogen-bond acceptors (Lipinski definition) is 4. The molecule has 0 saturated carbocycles. The van der Waals surface area contributed by atoms with E-state index in [-0.39, 0.29) is 0 Å². The number of benzene rings is 5. The molecule has 1 heterocycles. The Balaban J connectivity index is 1.26. The first-order chi connectivity index (χ1) is 24.0. The van der Waals surface area contributed by atoms with E-state index in [1.165, 1.54) is 15.9 Å². The van der Waals surface area contributed by atoms with Crippen molar-refractivity contribution in [3.8, 4) is 22.8 Å². The molecular weight excluding hydrogens is 636 g/mol. The van der Waals surface area contributed by atoms with Crippen molar-refractivity contribution in [3.05, 3.63) is 188 Å². The van der Waals surface area contributed by atoms with Crippen LogP contribution in [0, 0.1) is 0 Å². The molecule has 5 aromatic carbocycles. The number of aromatic nitrogens is 3. The molecule has 4 nitrogen and oxygen atoms in total. The Labute approximate surface area is 289 Å². The van der Waals surface area contributed by atoms with Gasteiger partial charge in [0.25, 0.3) is 0 Å². The third-order valence-corrected chi connectivity index (χ3v) is 14.1. The quantitative estimate of drug-likeness (QED) is 0.108. The first-order valence-electron chi connectivity index (χ1n) is 16.3. The van der Waals surface area contributed by atoms with Crippen LogP contribution in [0.25, 0.3) is 28.3 Å². The van der Waals surface area contributed by atoms with Gasteiger partial charge in [-0.25, -0.2) is 15.0 Å². The molecule has 0 aliphatic heterocycles. The second-order valence-electron chi connectivity index (χ2n) is 11.7. The summed E-state index contributed by atoms with van der Waals surface area (Å²) in [7, 11) is -3.80. The highest BCUT2D eigenvalue weighted by Crippen LogP contribution is 2.45. The van der Waals surface area contributed by atoms with Crippen LogP contribution in [0.2, 0.25) is 0 Å². The normalized spacial score (nSPS) is 13.3.